The van der Waals surface area contributed by atoms with Gasteiger partial charge >= 0.3 is 12.2 Å². The van der Waals surface area contributed by atoms with E-state index < -0.39 is 24.3 Å². The Morgan fingerprint density at radius 2 is 1.43 bits per heavy atom. The molecule has 0 aliphatic carbocycles. The van der Waals surface area contributed by atoms with Crippen molar-refractivity contribution in [3.63, 3.8) is 0 Å². The van der Waals surface area contributed by atoms with E-state index in [0.717, 1.165) is 47.2 Å². The number of likely N-dealkylation sites (tertiary alicyclic amines) is 2. The molecule has 2 aromatic carbocycles. The lowest BCUT2D eigenvalue weighted by atomic mass is 9.97. The lowest BCUT2D eigenvalue weighted by Gasteiger charge is -2.30. The van der Waals surface area contributed by atoms with Gasteiger partial charge in [-0.3, -0.25) is 14.6 Å². The van der Waals surface area contributed by atoms with Crippen molar-refractivity contribution in [2.24, 2.45) is 5.92 Å². The first-order valence-corrected chi connectivity index (χ1v) is 20.2. The van der Waals surface area contributed by atoms with Crippen molar-refractivity contribution in [3.05, 3.63) is 114 Å². The van der Waals surface area contributed by atoms with Crippen molar-refractivity contribution in [2.45, 2.75) is 63.7 Å². The van der Waals surface area contributed by atoms with E-state index in [4.69, 9.17) is 14.5 Å². The molecule has 3 unspecified atom stereocenters. The van der Waals surface area contributed by atoms with Crippen LogP contribution in [0.2, 0.25) is 0 Å². The fraction of sp³-hybridized carbons (Fsp3) is 0.326. The molecule has 4 atom stereocenters. The molecule has 15 heteroatoms. The monoisotopic (exact) mass is 821 g/mol. The molecule has 2 saturated heterocycles. The second-order valence-electron chi connectivity index (χ2n) is 15.1. The minimum Gasteiger partial charge on any atom is -0.453 e. The molecule has 15 nitrogen and oxygen atoms in total. The van der Waals surface area contributed by atoms with Crippen LogP contribution < -0.4 is 10.6 Å². The highest BCUT2D eigenvalue weighted by Gasteiger charge is 2.38. The summed E-state index contributed by atoms with van der Waals surface area (Å²) in [4.78, 5) is 75.6. The number of rotatable bonds is 10. The molecule has 0 bridgehead atoms. The summed E-state index contributed by atoms with van der Waals surface area (Å²) in [6.07, 6.45) is 8.57. The Hall–Kier alpha value is -7.39. The van der Waals surface area contributed by atoms with Gasteiger partial charge in [0, 0.05) is 42.2 Å². The van der Waals surface area contributed by atoms with Gasteiger partial charge in [-0.2, -0.15) is 0 Å². The number of aromatic nitrogens is 5. The number of carbonyl (C=O) groups is 4. The van der Waals surface area contributed by atoms with Gasteiger partial charge in [0.15, 0.2) is 0 Å². The first-order chi connectivity index (χ1) is 29.6. The van der Waals surface area contributed by atoms with Crippen LogP contribution in [0.3, 0.4) is 0 Å². The third kappa shape index (κ3) is 9.58. The summed E-state index contributed by atoms with van der Waals surface area (Å²) in [5.41, 5.74) is 5.33. The number of ether oxygens (including phenoxy) is 2. The van der Waals surface area contributed by atoms with Gasteiger partial charge in [-0.05, 0) is 78.7 Å². The lowest BCUT2D eigenvalue weighted by Crippen LogP contribution is -2.51. The van der Waals surface area contributed by atoms with Crippen molar-refractivity contribution >= 4 is 24.0 Å². The standard InChI is InChI=1S/C46H47N9O6/c1-29(2)39(52-45(58)60-3)43(56)54-23-12-19-38(54)42-49-28-36(51-42)32-21-20-30(35(25-32)33-16-10-22-47-26-33)13-8-9-17-34-27-48-41(50-34)37-18-11-24-55(37)44(57)40(53-46(59)61-4)31-14-6-5-7-15-31/h5-7,10,14-16,20-22,25-29,37-40H,11-12,18-19,23-24H2,1-4H3,(H,48,50)(H,49,51)(H,52,58)(H,53,59)/t37?,38?,39-,40?/m0/s1. The minimum absolute atomic E-state index is 0.137. The predicted molar refractivity (Wildman–Crippen MR) is 226 cm³/mol. The number of H-pyrrole nitrogens is 2. The van der Waals surface area contributed by atoms with Crippen molar-refractivity contribution in [3.8, 4) is 46.1 Å². The highest BCUT2D eigenvalue weighted by molar-refractivity contribution is 5.88. The number of nitrogens with zero attached hydrogens (tertiary/aromatic N) is 5. The fourth-order valence-electron chi connectivity index (χ4n) is 7.78. The molecule has 0 radical (unpaired) electrons. The molecule has 5 aromatic rings. The lowest BCUT2D eigenvalue weighted by molar-refractivity contribution is -0.135. The smallest absolute Gasteiger partial charge is 0.407 e. The molecular formula is C46H47N9O6. The van der Waals surface area contributed by atoms with Crippen LogP contribution in [-0.2, 0) is 19.1 Å². The van der Waals surface area contributed by atoms with E-state index in [0.29, 0.717) is 42.4 Å². The Morgan fingerprint density at radius 3 is 2.11 bits per heavy atom. The number of pyridine rings is 1. The van der Waals surface area contributed by atoms with E-state index in [-0.39, 0.29) is 29.8 Å². The number of alkyl carbamates (subject to hydrolysis) is 2. The average Bonchev–Trinajstić information content (AvgIpc) is 4.14. The van der Waals surface area contributed by atoms with Gasteiger partial charge in [0.2, 0.25) is 5.91 Å². The van der Waals surface area contributed by atoms with E-state index in [9.17, 15) is 19.2 Å². The Kier molecular flexibility index (Phi) is 13.1. The molecule has 5 heterocycles. The van der Waals surface area contributed by atoms with Crippen LogP contribution in [0.5, 0.6) is 0 Å². The normalized spacial score (nSPS) is 16.7. The molecule has 4 N–H and O–H groups in total. The summed E-state index contributed by atoms with van der Waals surface area (Å²) in [5, 5.41) is 5.38. The molecule has 4 amide bonds. The highest BCUT2D eigenvalue weighted by atomic mass is 16.5. The molecule has 2 fully saturated rings. The second kappa shape index (κ2) is 19.1. The third-order valence-electron chi connectivity index (χ3n) is 10.9. The number of carbonyl (C=O) groups excluding carboxylic acids is 4. The maximum absolute atomic E-state index is 13.9. The molecule has 3 aromatic heterocycles. The third-order valence-corrected chi connectivity index (χ3v) is 10.9. The zero-order valence-electron chi connectivity index (χ0n) is 34.4. The van der Waals surface area contributed by atoms with Crippen LogP contribution in [0.15, 0.2) is 85.5 Å². The van der Waals surface area contributed by atoms with E-state index in [1.165, 1.54) is 14.2 Å². The van der Waals surface area contributed by atoms with Crippen LogP contribution in [-0.4, -0.2) is 92.1 Å². The number of aromatic amines is 2. The van der Waals surface area contributed by atoms with Gasteiger partial charge in [0.05, 0.1) is 44.4 Å². The fourth-order valence-corrected chi connectivity index (χ4v) is 7.78. The van der Waals surface area contributed by atoms with Crippen molar-refractivity contribution in [2.75, 3.05) is 27.3 Å². The van der Waals surface area contributed by atoms with E-state index in [2.05, 4.69) is 54.3 Å². The average molecular weight is 822 g/mol. The van der Waals surface area contributed by atoms with Crippen LogP contribution in [0.4, 0.5) is 9.59 Å². The molecule has 0 spiro atoms. The number of hydrogen-bond acceptors (Lipinski definition) is 9. The van der Waals surface area contributed by atoms with Crippen molar-refractivity contribution < 1.29 is 28.7 Å². The van der Waals surface area contributed by atoms with E-state index in [1.807, 2.05) is 62.4 Å². The summed E-state index contributed by atoms with van der Waals surface area (Å²) in [7, 11) is 2.54. The van der Waals surface area contributed by atoms with Crippen molar-refractivity contribution in [1.82, 2.24) is 45.4 Å². The number of methoxy groups -OCH3 is 2. The second-order valence-corrected chi connectivity index (χ2v) is 15.1. The van der Waals surface area contributed by atoms with E-state index >= 15 is 0 Å². The largest absolute Gasteiger partial charge is 0.453 e. The summed E-state index contributed by atoms with van der Waals surface area (Å²) in [6, 6.07) is 16.6. The number of imidazole rings is 2. The van der Waals surface area contributed by atoms with Gasteiger partial charge < -0.3 is 39.9 Å². The summed E-state index contributed by atoms with van der Waals surface area (Å²) in [5.74, 6) is 12.9. The highest BCUT2D eigenvalue weighted by Crippen LogP contribution is 2.35. The molecular weight excluding hydrogens is 775 g/mol. The molecule has 2 aliphatic heterocycles. The number of hydrogen-bond donors (Lipinski definition) is 4. The maximum atomic E-state index is 13.9. The van der Waals surface area contributed by atoms with Gasteiger partial charge in [-0.25, -0.2) is 19.6 Å². The SMILES string of the molecule is COC(=O)NC(C(=O)N1CCCC1c1ncc(C#CC#Cc2ccc(-c3cnc(C4CCCN4C(=O)[C@@H](NC(=O)OC)C(C)C)[nH]3)cc2-c2cccnc2)[nH]1)c1ccccc1. The first-order valence-electron chi connectivity index (χ1n) is 20.2. The van der Waals surface area contributed by atoms with Gasteiger partial charge in [-0.15, -0.1) is 0 Å². The Bertz CT molecular complexity index is 2500. The van der Waals surface area contributed by atoms with Gasteiger partial charge in [0.1, 0.15) is 29.4 Å². The molecule has 7 rings (SSSR count). The molecule has 312 valence electrons. The molecule has 61 heavy (non-hydrogen) atoms. The zero-order valence-corrected chi connectivity index (χ0v) is 34.4. The quantitative estimate of drug-likeness (QED) is 0.121. The topological polar surface area (TPSA) is 188 Å². The summed E-state index contributed by atoms with van der Waals surface area (Å²) in [6.45, 7) is 4.84. The minimum atomic E-state index is -0.914. The van der Waals surface area contributed by atoms with Crippen molar-refractivity contribution in [1.29, 1.82) is 0 Å². The first kappa shape index (κ1) is 41.8. The van der Waals surface area contributed by atoms with Gasteiger partial charge in [-0.1, -0.05) is 62.2 Å². The Labute approximate surface area is 354 Å². The zero-order chi connectivity index (χ0) is 42.9. The Balaban J connectivity index is 1.08. The van der Waals surface area contributed by atoms with Crippen LogP contribution in [0.25, 0.3) is 22.4 Å². The predicted octanol–water partition coefficient (Wildman–Crippen LogP) is 6.07. The van der Waals surface area contributed by atoms with Crippen LogP contribution >= 0.6 is 0 Å². The van der Waals surface area contributed by atoms with Crippen LogP contribution in [0.1, 0.15) is 86.1 Å². The molecule has 2 aliphatic rings. The number of nitrogens with one attached hydrogen (secondary N) is 4. The summed E-state index contributed by atoms with van der Waals surface area (Å²) < 4.78 is 9.58. The number of amides is 4. The van der Waals surface area contributed by atoms with Crippen LogP contribution in [0, 0.1) is 29.6 Å². The Morgan fingerprint density at radius 1 is 0.754 bits per heavy atom. The summed E-state index contributed by atoms with van der Waals surface area (Å²) >= 11 is 0. The molecule has 0 saturated carbocycles. The van der Waals surface area contributed by atoms with E-state index in [1.54, 1.807) is 46.7 Å². The van der Waals surface area contributed by atoms with Gasteiger partial charge in [0.25, 0.3) is 5.91 Å². The number of benzene rings is 2. The maximum Gasteiger partial charge on any atom is 0.407 e.